The summed E-state index contributed by atoms with van der Waals surface area (Å²) >= 11 is 0. The van der Waals surface area contributed by atoms with Gasteiger partial charge in [-0.25, -0.2) is 15.0 Å². The largest absolute Gasteiger partial charge is 0.357 e. The van der Waals surface area contributed by atoms with Crippen LogP contribution in [-0.2, 0) is 26.7 Å². The molecule has 2 aromatic carbocycles. The molecule has 2 N–H and O–H groups in total. The number of para-hydroxylation sites is 2. The van der Waals surface area contributed by atoms with E-state index in [1.807, 2.05) is 38.5 Å². The first-order valence-electron chi connectivity index (χ1n) is 10.1. The van der Waals surface area contributed by atoms with Crippen LogP contribution in [0.5, 0.6) is 0 Å². The van der Waals surface area contributed by atoms with Gasteiger partial charge in [0.2, 0.25) is 0 Å². The van der Waals surface area contributed by atoms with E-state index in [9.17, 15) is 0 Å². The summed E-state index contributed by atoms with van der Waals surface area (Å²) in [7, 11) is 1.88. The summed E-state index contributed by atoms with van der Waals surface area (Å²) in [6, 6.07) is 16.8. The molecule has 0 amide bonds. The number of halogens is 1. The highest BCUT2D eigenvalue weighted by Crippen LogP contribution is 2.14. The molecule has 0 aliphatic rings. The lowest BCUT2D eigenvalue weighted by atomic mass is 10.1. The molecule has 0 aliphatic heterocycles. The zero-order valence-electron chi connectivity index (χ0n) is 17.7. The summed E-state index contributed by atoms with van der Waals surface area (Å²) in [6.45, 7) is 4.81. The van der Waals surface area contributed by atoms with E-state index in [0.29, 0.717) is 13.1 Å². The molecule has 0 saturated carbocycles. The maximum absolute atomic E-state index is 4.68. The van der Waals surface area contributed by atoms with Crippen LogP contribution >= 0.6 is 24.0 Å². The molecule has 0 radical (unpaired) electrons. The normalized spacial score (nSPS) is 11.4. The minimum atomic E-state index is 0. The molecular weight excluding hydrogens is 503 g/mol. The minimum absolute atomic E-state index is 0. The Morgan fingerprint density at radius 3 is 2.52 bits per heavy atom. The molecule has 0 atom stereocenters. The topological polar surface area (TPSA) is 84.9 Å². The Balaban J connectivity index is 0.00000272. The van der Waals surface area contributed by atoms with Crippen LogP contribution in [0.3, 0.4) is 0 Å². The molecule has 2 aromatic heterocycles. The Labute approximate surface area is 198 Å². The second kappa shape index (κ2) is 10.9. The van der Waals surface area contributed by atoms with Crippen molar-refractivity contribution in [2.45, 2.75) is 26.6 Å². The summed E-state index contributed by atoms with van der Waals surface area (Å²) < 4.78 is 3.92. The van der Waals surface area contributed by atoms with E-state index in [4.69, 9.17) is 0 Å². The third-order valence-electron chi connectivity index (χ3n) is 4.89. The van der Waals surface area contributed by atoms with Gasteiger partial charge in [-0.2, -0.15) is 5.10 Å². The standard InChI is InChI=1S/C22H26N8.HI/c1-3-23-22(25-13-21-26-15-28-29(21)2)24-12-17-8-10-18(11-9-17)14-30-16-27-19-6-4-5-7-20(19)30;/h4-11,15-16H,3,12-14H2,1-2H3,(H2,23,24,25);1H. The van der Waals surface area contributed by atoms with Gasteiger partial charge in [-0.05, 0) is 30.2 Å². The van der Waals surface area contributed by atoms with Crippen LogP contribution in [-0.4, -0.2) is 36.8 Å². The van der Waals surface area contributed by atoms with E-state index >= 15 is 0 Å². The lowest BCUT2D eigenvalue weighted by molar-refractivity contribution is 0.673. The van der Waals surface area contributed by atoms with Gasteiger partial charge in [0, 0.05) is 20.1 Å². The van der Waals surface area contributed by atoms with Crippen LogP contribution in [0.25, 0.3) is 11.0 Å². The fraction of sp³-hybridized carbons (Fsp3) is 0.273. The van der Waals surface area contributed by atoms with Crippen molar-refractivity contribution in [3.63, 3.8) is 0 Å². The van der Waals surface area contributed by atoms with Gasteiger partial charge in [0.25, 0.3) is 0 Å². The highest BCUT2D eigenvalue weighted by molar-refractivity contribution is 14.0. The van der Waals surface area contributed by atoms with Crippen LogP contribution in [0.15, 0.2) is 66.2 Å². The van der Waals surface area contributed by atoms with E-state index in [0.717, 1.165) is 41.5 Å². The maximum atomic E-state index is 4.68. The van der Waals surface area contributed by atoms with Crippen LogP contribution in [0.1, 0.15) is 23.9 Å². The molecule has 0 aliphatic carbocycles. The Morgan fingerprint density at radius 1 is 1.00 bits per heavy atom. The van der Waals surface area contributed by atoms with Crippen molar-refractivity contribution in [1.82, 2.24) is 34.9 Å². The number of imidazole rings is 1. The zero-order chi connectivity index (χ0) is 20.8. The Kier molecular flexibility index (Phi) is 7.99. The number of hydrogen-bond acceptors (Lipinski definition) is 4. The highest BCUT2D eigenvalue weighted by Gasteiger charge is 2.04. The van der Waals surface area contributed by atoms with Crippen molar-refractivity contribution < 1.29 is 0 Å². The quantitative estimate of drug-likeness (QED) is 0.218. The van der Waals surface area contributed by atoms with Gasteiger partial charge in [-0.3, -0.25) is 4.68 Å². The molecular formula is C22H27IN8. The summed E-state index contributed by atoms with van der Waals surface area (Å²) in [5.41, 5.74) is 4.56. The van der Waals surface area contributed by atoms with Gasteiger partial charge in [-0.1, -0.05) is 36.4 Å². The van der Waals surface area contributed by atoms with E-state index in [2.05, 4.69) is 65.6 Å². The van der Waals surface area contributed by atoms with Gasteiger partial charge >= 0.3 is 0 Å². The Hall–Kier alpha value is -2.95. The first-order chi connectivity index (χ1) is 14.7. The van der Waals surface area contributed by atoms with E-state index < -0.39 is 0 Å². The third kappa shape index (κ3) is 5.81. The lowest BCUT2D eigenvalue weighted by Crippen LogP contribution is -2.37. The van der Waals surface area contributed by atoms with Gasteiger partial charge in [-0.15, -0.1) is 24.0 Å². The van der Waals surface area contributed by atoms with E-state index in [1.54, 1.807) is 11.0 Å². The number of aromatic nitrogens is 5. The fourth-order valence-electron chi connectivity index (χ4n) is 3.24. The average Bonchev–Trinajstić information content (AvgIpc) is 3.37. The van der Waals surface area contributed by atoms with Crippen LogP contribution in [0.4, 0.5) is 0 Å². The fourth-order valence-corrected chi connectivity index (χ4v) is 3.24. The number of fused-ring (bicyclic) bond motifs is 1. The summed E-state index contributed by atoms with van der Waals surface area (Å²) in [5.74, 6) is 1.62. The van der Waals surface area contributed by atoms with Crippen LogP contribution < -0.4 is 10.6 Å². The molecule has 0 unspecified atom stereocenters. The highest BCUT2D eigenvalue weighted by atomic mass is 127. The number of aryl methyl sites for hydroxylation is 1. The number of hydrogen-bond donors (Lipinski definition) is 2. The molecule has 162 valence electrons. The molecule has 4 aromatic rings. The summed E-state index contributed by atoms with van der Waals surface area (Å²) in [4.78, 5) is 13.4. The number of nitrogens with zero attached hydrogens (tertiary/aromatic N) is 6. The van der Waals surface area contributed by atoms with Crippen molar-refractivity contribution in [1.29, 1.82) is 0 Å². The monoisotopic (exact) mass is 530 g/mol. The lowest BCUT2D eigenvalue weighted by Gasteiger charge is -2.11. The molecule has 31 heavy (non-hydrogen) atoms. The number of benzene rings is 2. The number of aliphatic imine (C=N–C) groups is 1. The number of nitrogens with one attached hydrogen (secondary N) is 2. The zero-order valence-corrected chi connectivity index (χ0v) is 20.0. The second-order valence-electron chi connectivity index (χ2n) is 7.03. The molecule has 4 rings (SSSR count). The van der Waals surface area contributed by atoms with Crippen molar-refractivity contribution in [3.05, 3.63) is 78.1 Å². The summed E-state index contributed by atoms with van der Waals surface area (Å²) in [5, 5.41) is 10.6. The van der Waals surface area contributed by atoms with E-state index in [-0.39, 0.29) is 24.0 Å². The van der Waals surface area contributed by atoms with Gasteiger partial charge in [0.15, 0.2) is 5.96 Å². The predicted octanol–water partition coefficient (Wildman–Crippen LogP) is 3.09. The predicted molar refractivity (Wildman–Crippen MR) is 133 cm³/mol. The maximum Gasteiger partial charge on any atom is 0.191 e. The molecule has 8 nitrogen and oxygen atoms in total. The molecule has 9 heteroatoms. The SMILES string of the molecule is CCNC(=NCc1ccc(Cn2cnc3ccccc32)cc1)NCc1ncnn1C.I. The molecule has 0 fully saturated rings. The van der Waals surface area contributed by atoms with Crippen molar-refractivity contribution in [2.75, 3.05) is 6.54 Å². The molecule has 0 spiro atoms. The van der Waals surface area contributed by atoms with Gasteiger partial charge in [0.1, 0.15) is 12.2 Å². The molecule has 2 heterocycles. The average molecular weight is 530 g/mol. The van der Waals surface area contributed by atoms with E-state index in [1.165, 1.54) is 5.56 Å². The smallest absolute Gasteiger partial charge is 0.191 e. The first kappa shape index (κ1) is 22.7. The van der Waals surface area contributed by atoms with Crippen molar-refractivity contribution in [3.8, 4) is 0 Å². The van der Waals surface area contributed by atoms with Crippen LogP contribution in [0.2, 0.25) is 0 Å². The number of guanidine groups is 1. The Morgan fingerprint density at radius 2 is 1.77 bits per heavy atom. The van der Waals surface area contributed by atoms with Gasteiger partial charge < -0.3 is 15.2 Å². The van der Waals surface area contributed by atoms with Crippen molar-refractivity contribution >= 4 is 41.0 Å². The number of rotatable bonds is 7. The summed E-state index contributed by atoms with van der Waals surface area (Å²) in [6.07, 6.45) is 3.45. The minimum Gasteiger partial charge on any atom is -0.357 e. The van der Waals surface area contributed by atoms with Crippen molar-refractivity contribution in [2.24, 2.45) is 12.0 Å². The molecule has 0 bridgehead atoms. The second-order valence-corrected chi connectivity index (χ2v) is 7.03. The first-order valence-corrected chi connectivity index (χ1v) is 10.1. The third-order valence-corrected chi connectivity index (χ3v) is 4.89. The van der Waals surface area contributed by atoms with Crippen LogP contribution in [0, 0.1) is 0 Å². The van der Waals surface area contributed by atoms with Gasteiger partial charge in [0.05, 0.1) is 30.5 Å². The molecule has 0 saturated heterocycles. The Bertz CT molecular complexity index is 1130.